The predicted molar refractivity (Wildman–Crippen MR) is 79.6 cm³/mol. The SMILES string of the molecule is Cc1ccc(Nc2nnc(SC3CCOC3=O)s2)cc1. The largest absolute Gasteiger partial charge is 0.465 e. The first-order chi connectivity index (χ1) is 9.70. The third-order valence-corrected chi connectivity index (χ3v) is 5.01. The maximum atomic E-state index is 11.4. The molecular weight excluding hydrogens is 294 g/mol. The number of aryl methyl sites for hydroxylation is 1. The van der Waals surface area contributed by atoms with Gasteiger partial charge in [-0.3, -0.25) is 4.79 Å². The van der Waals surface area contributed by atoms with E-state index in [0.717, 1.165) is 21.6 Å². The highest BCUT2D eigenvalue weighted by Crippen LogP contribution is 2.33. The van der Waals surface area contributed by atoms with Gasteiger partial charge in [-0.15, -0.1) is 10.2 Å². The summed E-state index contributed by atoms with van der Waals surface area (Å²) >= 11 is 2.87. The van der Waals surface area contributed by atoms with Crippen molar-refractivity contribution in [3.05, 3.63) is 29.8 Å². The molecule has 0 aliphatic carbocycles. The van der Waals surface area contributed by atoms with Gasteiger partial charge in [0.05, 0.1) is 6.61 Å². The molecule has 1 saturated heterocycles. The molecule has 0 bridgehead atoms. The van der Waals surface area contributed by atoms with Gasteiger partial charge in [0.25, 0.3) is 0 Å². The van der Waals surface area contributed by atoms with Crippen LogP contribution in [0.2, 0.25) is 0 Å². The van der Waals surface area contributed by atoms with Gasteiger partial charge in [-0.2, -0.15) is 0 Å². The molecule has 1 aromatic heterocycles. The van der Waals surface area contributed by atoms with E-state index in [0.29, 0.717) is 6.61 Å². The van der Waals surface area contributed by atoms with Gasteiger partial charge in [-0.05, 0) is 19.1 Å². The van der Waals surface area contributed by atoms with E-state index in [1.165, 1.54) is 28.7 Å². The summed E-state index contributed by atoms with van der Waals surface area (Å²) in [5.41, 5.74) is 2.19. The molecule has 0 spiro atoms. The van der Waals surface area contributed by atoms with Crippen LogP contribution in [-0.4, -0.2) is 28.0 Å². The lowest BCUT2D eigenvalue weighted by atomic mass is 10.2. The van der Waals surface area contributed by atoms with Gasteiger partial charge in [0.1, 0.15) is 5.25 Å². The summed E-state index contributed by atoms with van der Waals surface area (Å²) in [6.07, 6.45) is 0.740. The number of thioether (sulfide) groups is 1. The number of carbonyl (C=O) groups excluding carboxylic acids is 1. The van der Waals surface area contributed by atoms with E-state index >= 15 is 0 Å². The number of aromatic nitrogens is 2. The summed E-state index contributed by atoms with van der Waals surface area (Å²) in [5, 5.41) is 12.0. The molecule has 2 aromatic rings. The van der Waals surface area contributed by atoms with Crippen molar-refractivity contribution < 1.29 is 9.53 Å². The zero-order valence-electron chi connectivity index (χ0n) is 10.8. The van der Waals surface area contributed by atoms with Crippen molar-refractivity contribution >= 4 is 39.9 Å². The maximum Gasteiger partial charge on any atom is 0.319 e. The molecule has 0 amide bonds. The van der Waals surface area contributed by atoms with Crippen LogP contribution >= 0.6 is 23.1 Å². The Morgan fingerprint density at radius 1 is 1.35 bits per heavy atom. The van der Waals surface area contributed by atoms with Crippen molar-refractivity contribution in [2.75, 3.05) is 11.9 Å². The predicted octanol–water partition coefficient (Wildman–Crippen LogP) is 3.00. The molecule has 20 heavy (non-hydrogen) atoms. The number of ether oxygens (including phenoxy) is 1. The molecule has 1 atom stereocenters. The van der Waals surface area contributed by atoms with Gasteiger partial charge in [-0.1, -0.05) is 40.8 Å². The van der Waals surface area contributed by atoms with E-state index in [-0.39, 0.29) is 11.2 Å². The minimum atomic E-state index is -0.154. The van der Waals surface area contributed by atoms with Crippen molar-refractivity contribution in [2.24, 2.45) is 0 Å². The van der Waals surface area contributed by atoms with Gasteiger partial charge in [0.2, 0.25) is 5.13 Å². The Kier molecular flexibility index (Phi) is 3.88. The van der Waals surface area contributed by atoms with Gasteiger partial charge in [0, 0.05) is 12.1 Å². The smallest absolute Gasteiger partial charge is 0.319 e. The topological polar surface area (TPSA) is 64.1 Å². The maximum absolute atomic E-state index is 11.4. The van der Waals surface area contributed by atoms with Crippen LogP contribution in [0.15, 0.2) is 28.6 Å². The molecule has 2 heterocycles. The first-order valence-electron chi connectivity index (χ1n) is 6.21. The Morgan fingerprint density at radius 2 is 2.15 bits per heavy atom. The quantitative estimate of drug-likeness (QED) is 0.876. The zero-order valence-corrected chi connectivity index (χ0v) is 12.5. The van der Waals surface area contributed by atoms with E-state index in [1.54, 1.807) is 0 Å². The minimum Gasteiger partial charge on any atom is -0.465 e. The average Bonchev–Trinajstić information content (AvgIpc) is 3.03. The van der Waals surface area contributed by atoms with E-state index in [1.807, 2.05) is 31.2 Å². The highest BCUT2D eigenvalue weighted by atomic mass is 32.2. The Morgan fingerprint density at radius 3 is 2.85 bits per heavy atom. The van der Waals surface area contributed by atoms with Crippen molar-refractivity contribution in [1.82, 2.24) is 10.2 Å². The van der Waals surface area contributed by atoms with Crippen molar-refractivity contribution in [3.8, 4) is 0 Å². The Labute approximate surface area is 124 Å². The molecule has 1 aromatic carbocycles. The van der Waals surface area contributed by atoms with Gasteiger partial charge in [-0.25, -0.2) is 0 Å². The number of benzene rings is 1. The molecule has 1 unspecified atom stereocenters. The summed E-state index contributed by atoms with van der Waals surface area (Å²) < 4.78 is 5.71. The highest BCUT2D eigenvalue weighted by molar-refractivity contribution is 8.02. The summed E-state index contributed by atoms with van der Waals surface area (Å²) in [6, 6.07) is 8.07. The zero-order chi connectivity index (χ0) is 13.9. The number of nitrogens with one attached hydrogen (secondary N) is 1. The van der Waals surface area contributed by atoms with Crippen molar-refractivity contribution in [1.29, 1.82) is 0 Å². The lowest BCUT2D eigenvalue weighted by Crippen LogP contribution is -2.08. The van der Waals surface area contributed by atoms with Crippen LogP contribution in [0.25, 0.3) is 0 Å². The lowest BCUT2D eigenvalue weighted by molar-refractivity contribution is -0.137. The summed E-state index contributed by atoms with van der Waals surface area (Å²) in [6.45, 7) is 2.55. The fourth-order valence-corrected chi connectivity index (χ4v) is 3.76. The standard InChI is InChI=1S/C13H13N3O2S2/c1-8-2-4-9(5-3-8)14-12-15-16-13(20-12)19-10-6-7-18-11(10)17/h2-5,10H,6-7H2,1H3,(H,14,15). The second-order valence-corrected chi connectivity index (χ2v) is 6.85. The van der Waals surface area contributed by atoms with Crippen LogP contribution in [0.1, 0.15) is 12.0 Å². The van der Waals surface area contributed by atoms with Crippen LogP contribution < -0.4 is 5.32 Å². The molecule has 104 valence electrons. The molecular formula is C13H13N3O2S2. The molecule has 3 rings (SSSR count). The van der Waals surface area contributed by atoms with Gasteiger partial charge >= 0.3 is 5.97 Å². The Balaban J connectivity index is 1.64. The number of nitrogens with zero attached hydrogens (tertiary/aromatic N) is 2. The lowest BCUT2D eigenvalue weighted by Gasteiger charge is -2.01. The van der Waals surface area contributed by atoms with Crippen molar-refractivity contribution in [2.45, 2.75) is 22.9 Å². The summed E-state index contributed by atoms with van der Waals surface area (Å²) in [4.78, 5) is 11.4. The van der Waals surface area contributed by atoms with E-state index in [2.05, 4.69) is 15.5 Å². The Bertz CT molecular complexity index is 612. The molecule has 1 N–H and O–H groups in total. The third kappa shape index (κ3) is 3.10. The number of anilines is 2. The van der Waals surface area contributed by atoms with Crippen LogP contribution in [0, 0.1) is 6.92 Å². The normalized spacial score (nSPS) is 18.1. The number of cyclic esters (lactones) is 1. The third-order valence-electron chi connectivity index (χ3n) is 2.84. The second kappa shape index (κ2) is 5.80. The minimum absolute atomic E-state index is 0.143. The van der Waals surface area contributed by atoms with Gasteiger partial charge in [0.15, 0.2) is 4.34 Å². The molecule has 0 saturated carbocycles. The van der Waals surface area contributed by atoms with E-state index < -0.39 is 0 Å². The monoisotopic (exact) mass is 307 g/mol. The first kappa shape index (κ1) is 13.4. The van der Waals surface area contributed by atoms with Crippen molar-refractivity contribution in [3.63, 3.8) is 0 Å². The Hall–Kier alpha value is -1.60. The van der Waals surface area contributed by atoms with Gasteiger partial charge < -0.3 is 10.1 Å². The number of carbonyl (C=O) groups is 1. The second-order valence-electron chi connectivity index (χ2n) is 4.43. The molecule has 1 fully saturated rings. The molecule has 1 aliphatic heterocycles. The average molecular weight is 307 g/mol. The van der Waals surface area contributed by atoms with Crippen LogP contribution in [0.4, 0.5) is 10.8 Å². The fourth-order valence-electron chi connectivity index (χ4n) is 1.77. The first-order valence-corrected chi connectivity index (χ1v) is 7.91. The molecule has 1 aliphatic rings. The van der Waals surface area contributed by atoms with E-state index in [4.69, 9.17) is 4.74 Å². The van der Waals surface area contributed by atoms with E-state index in [9.17, 15) is 4.79 Å². The molecule has 7 heteroatoms. The molecule has 5 nitrogen and oxygen atoms in total. The summed E-state index contributed by atoms with van der Waals surface area (Å²) in [7, 11) is 0. The number of esters is 1. The van der Waals surface area contributed by atoms with Crippen LogP contribution in [-0.2, 0) is 9.53 Å². The number of hydrogen-bond donors (Lipinski definition) is 1. The fraction of sp³-hybridized carbons (Fsp3) is 0.308. The summed E-state index contributed by atoms with van der Waals surface area (Å²) in [5.74, 6) is -0.154. The number of rotatable bonds is 4. The van der Waals surface area contributed by atoms with Crippen LogP contribution in [0.3, 0.4) is 0 Å². The number of hydrogen-bond acceptors (Lipinski definition) is 7. The molecule has 0 radical (unpaired) electrons. The highest BCUT2D eigenvalue weighted by Gasteiger charge is 2.28. The van der Waals surface area contributed by atoms with Crippen LogP contribution in [0.5, 0.6) is 0 Å².